The number of aromatic nitrogens is 2. The summed E-state index contributed by atoms with van der Waals surface area (Å²) in [5.41, 5.74) is 7.36. The lowest BCUT2D eigenvalue weighted by Gasteiger charge is -2.16. The molecule has 0 spiro atoms. The first-order chi connectivity index (χ1) is 11.5. The Bertz CT molecular complexity index is 872. The highest BCUT2D eigenvalue weighted by Gasteiger charge is 2.22. The van der Waals surface area contributed by atoms with Crippen LogP contribution in [0.4, 0.5) is 5.69 Å². The first-order valence-electron chi connectivity index (χ1n) is 7.78. The molecule has 0 saturated heterocycles. The molecule has 0 aliphatic heterocycles. The molecule has 1 aromatic carbocycles. The summed E-state index contributed by atoms with van der Waals surface area (Å²) in [6, 6.07) is 7.21. The van der Waals surface area contributed by atoms with Gasteiger partial charge in [0.05, 0.1) is 16.9 Å². The average Bonchev–Trinajstić information content (AvgIpc) is 3.00. The van der Waals surface area contributed by atoms with Crippen molar-refractivity contribution in [3.05, 3.63) is 57.5 Å². The van der Waals surface area contributed by atoms with Crippen LogP contribution >= 0.6 is 0 Å². The van der Waals surface area contributed by atoms with Gasteiger partial charge in [-0.05, 0) is 43.9 Å². The molecule has 124 valence electrons. The Morgan fingerprint density at radius 3 is 2.79 bits per heavy atom. The van der Waals surface area contributed by atoms with E-state index in [1.54, 1.807) is 31.2 Å². The molecule has 7 nitrogen and oxygen atoms in total. The number of nitrogens with two attached hydrogens (primary N) is 1. The first kappa shape index (κ1) is 15.9. The van der Waals surface area contributed by atoms with Crippen LogP contribution in [0.15, 0.2) is 35.1 Å². The maximum absolute atomic E-state index is 12.5. The molecule has 0 saturated carbocycles. The van der Waals surface area contributed by atoms with Gasteiger partial charge in [0.2, 0.25) is 5.91 Å². The number of nitrogens with zero attached hydrogens (tertiary/aromatic N) is 2. The van der Waals surface area contributed by atoms with Crippen LogP contribution in [0.1, 0.15) is 41.0 Å². The van der Waals surface area contributed by atoms with Crippen LogP contribution in [-0.2, 0) is 17.6 Å². The summed E-state index contributed by atoms with van der Waals surface area (Å²) >= 11 is 0. The zero-order chi connectivity index (χ0) is 17.3. The van der Waals surface area contributed by atoms with Crippen LogP contribution in [0, 0.1) is 0 Å². The molecule has 2 amide bonds. The van der Waals surface area contributed by atoms with E-state index in [0.717, 1.165) is 30.5 Å². The lowest BCUT2D eigenvalue weighted by molar-refractivity contribution is -0.119. The molecular formula is C17H18N4O3. The van der Waals surface area contributed by atoms with Gasteiger partial charge in [-0.3, -0.25) is 14.4 Å². The van der Waals surface area contributed by atoms with Gasteiger partial charge >= 0.3 is 0 Å². The van der Waals surface area contributed by atoms with Crippen molar-refractivity contribution in [2.24, 2.45) is 5.73 Å². The van der Waals surface area contributed by atoms with E-state index in [1.807, 2.05) is 0 Å². The number of nitrogens with one attached hydrogen (secondary N) is 1. The minimum absolute atomic E-state index is 0.215. The second kappa shape index (κ2) is 6.27. The van der Waals surface area contributed by atoms with Gasteiger partial charge in [-0.2, -0.15) is 5.10 Å². The number of fused-ring (bicyclic) bond motifs is 1. The molecule has 1 aliphatic carbocycles. The molecule has 2 aromatic rings. The number of amides is 2. The second-order valence-corrected chi connectivity index (χ2v) is 5.83. The van der Waals surface area contributed by atoms with Crippen LogP contribution in [0.5, 0.6) is 0 Å². The van der Waals surface area contributed by atoms with E-state index in [2.05, 4.69) is 10.4 Å². The molecule has 0 fully saturated rings. The Balaban J connectivity index is 1.86. The molecule has 1 aliphatic rings. The Hall–Kier alpha value is -2.96. The van der Waals surface area contributed by atoms with Crippen molar-refractivity contribution in [1.82, 2.24) is 9.78 Å². The maximum atomic E-state index is 12.5. The Kier molecular flexibility index (Phi) is 4.16. The van der Waals surface area contributed by atoms with Crippen molar-refractivity contribution >= 4 is 17.5 Å². The van der Waals surface area contributed by atoms with Gasteiger partial charge in [-0.1, -0.05) is 12.1 Å². The lowest BCUT2D eigenvalue weighted by Crippen LogP contribution is -2.34. The fraction of sp³-hybridized carbons (Fsp3) is 0.294. The fourth-order valence-electron chi connectivity index (χ4n) is 2.85. The summed E-state index contributed by atoms with van der Waals surface area (Å²) in [7, 11) is 0. The number of hydrogen-bond acceptors (Lipinski definition) is 4. The molecule has 0 unspecified atom stereocenters. The quantitative estimate of drug-likeness (QED) is 0.875. The highest BCUT2D eigenvalue weighted by molar-refractivity contribution is 6.03. The van der Waals surface area contributed by atoms with Crippen LogP contribution in [0.25, 0.3) is 0 Å². The third kappa shape index (κ3) is 2.92. The minimum atomic E-state index is -0.802. The number of hydrogen-bond donors (Lipinski definition) is 2. The van der Waals surface area contributed by atoms with E-state index < -0.39 is 17.9 Å². The van der Waals surface area contributed by atoms with Crippen molar-refractivity contribution in [3.63, 3.8) is 0 Å². The average molecular weight is 326 g/mol. The third-order valence-electron chi connectivity index (χ3n) is 4.18. The summed E-state index contributed by atoms with van der Waals surface area (Å²) in [6.07, 6.45) is 2.64. The topological polar surface area (TPSA) is 107 Å². The van der Waals surface area contributed by atoms with Gasteiger partial charge in [-0.25, -0.2) is 4.68 Å². The number of aryl methyl sites for hydroxylation is 2. The molecule has 0 bridgehead atoms. The van der Waals surface area contributed by atoms with E-state index in [9.17, 15) is 14.4 Å². The highest BCUT2D eigenvalue weighted by atomic mass is 16.2. The summed E-state index contributed by atoms with van der Waals surface area (Å²) in [5, 5.41) is 6.97. The number of carbonyl (C=O) groups is 2. The number of rotatable bonds is 4. The van der Waals surface area contributed by atoms with Crippen molar-refractivity contribution in [2.75, 3.05) is 5.32 Å². The smallest absolute Gasteiger partial charge is 0.267 e. The van der Waals surface area contributed by atoms with Crippen molar-refractivity contribution in [2.45, 2.75) is 32.2 Å². The zero-order valence-electron chi connectivity index (χ0n) is 13.3. The molecule has 7 heteroatoms. The molecule has 0 radical (unpaired) electrons. The Labute approximate surface area is 138 Å². The number of para-hydroxylation sites is 1. The van der Waals surface area contributed by atoms with E-state index in [4.69, 9.17) is 5.73 Å². The molecular weight excluding hydrogens is 308 g/mol. The second-order valence-electron chi connectivity index (χ2n) is 5.83. The van der Waals surface area contributed by atoms with Crippen LogP contribution < -0.4 is 16.6 Å². The number of benzene rings is 1. The normalized spacial score (nSPS) is 14.0. The monoisotopic (exact) mass is 326 g/mol. The summed E-state index contributed by atoms with van der Waals surface area (Å²) in [4.78, 5) is 36.1. The largest absolute Gasteiger partial charge is 0.366 e. The van der Waals surface area contributed by atoms with Crippen molar-refractivity contribution < 1.29 is 9.59 Å². The minimum Gasteiger partial charge on any atom is -0.366 e. The summed E-state index contributed by atoms with van der Waals surface area (Å²) < 4.78 is 1.19. The molecule has 24 heavy (non-hydrogen) atoms. The number of primary amides is 1. The molecule has 3 rings (SSSR count). The van der Waals surface area contributed by atoms with E-state index in [0.29, 0.717) is 5.69 Å². The third-order valence-corrected chi connectivity index (χ3v) is 4.18. The van der Waals surface area contributed by atoms with E-state index in [1.165, 1.54) is 10.7 Å². The predicted octanol–water partition coefficient (Wildman–Crippen LogP) is 1.03. The van der Waals surface area contributed by atoms with Gasteiger partial charge < -0.3 is 11.1 Å². The van der Waals surface area contributed by atoms with Gasteiger partial charge in [0.15, 0.2) is 0 Å². The Morgan fingerprint density at radius 2 is 2.04 bits per heavy atom. The predicted molar refractivity (Wildman–Crippen MR) is 88.8 cm³/mol. The summed E-state index contributed by atoms with van der Waals surface area (Å²) in [6.45, 7) is 1.60. The van der Waals surface area contributed by atoms with E-state index in [-0.39, 0.29) is 11.1 Å². The van der Waals surface area contributed by atoms with Crippen LogP contribution in [-0.4, -0.2) is 21.6 Å². The van der Waals surface area contributed by atoms with Crippen molar-refractivity contribution in [1.29, 1.82) is 0 Å². The maximum Gasteiger partial charge on any atom is 0.267 e. The standard InChI is InChI=1S/C17H18N4O3/c1-10(21-15(22)9-11-5-4-8-13(11)20-21)17(24)19-14-7-3-2-6-12(14)16(18)23/h2-3,6-7,9-10H,4-5,8H2,1H3,(H2,18,23)(H,19,24)/t10-/m0/s1. The van der Waals surface area contributed by atoms with Crippen LogP contribution in [0.3, 0.4) is 0 Å². The van der Waals surface area contributed by atoms with Gasteiger partial charge in [0.25, 0.3) is 11.5 Å². The first-order valence-corrected chi connectivity index (χ1v) is 7.78. The SMILES string of the molecule is C[C@@H](C(=O)Nc1ccccc1C(N)=O)n1nc2c(cc1=O)CCC2. The Morgan fingerprint density at radius 1 is 1.29 bits per heavy atom. The summed E-state index contributed by atoms with van der Waals surface area (Å²) in [5.74, 6) is -1.07. The molecule has 3 N–H and O–H groups in total. The molecule has 1 atom stereocenters. The van der Waals surface area contributed by atoms with Crippen LogP contribution in [0.2, 0.25) is 0 Å². The fourth-order valence-corrected chi connectivity index (χ4v) is 2.85. The van der Waals surface area contributed by atoms with Gasteiger partial charge in [-0.15, -0.1) is 0 Å². The van der Waals surface area contributed by atoms with Gasteiger partial charge in [0, 0.05) is 6.07 Å². The van der Waals surface area contributed by atoms with E-state index >= 15 is 0 Å². The zero-order valence-corrected chi connectivity index (χ0v) is 13.3. The van der Waals surface area contributed by atoms with Crippen molar-refractivity contribution in [3.8, 4) is 0 Å². The molecule has 1 heterocycles. The lowest BCUT2D eigenvalue weighted by atomic mass is 10.1. The molecule has 1 aromatic heterocycles. The number of carbonyl (C=O) groups excluding carboxylic acids is 2. The highest BCUT2D eigenvalue weighted by Crippen LogP contribution is 2.19. The van der Waals surface area contributed by atoms with Gasteiger partial charge in [0.1, 0.15) is 6.04 Å². The number of anilines is 1.